The largest absolute Gasteiger partial charge is 0.492 e. The zero-order valence-corrected chi connectivity index (χ0v) is 15.9. The van der Waals surface area contributed by atoms with Crippen molar-refractivity contribution < 1.29 is 14.3 Å². The highest BCUT2D eigenvalue weighted by molar-refractivity contribution is 6.01. The van der Waals surface area contributed by atoms with Crippen molar-refractivity contribution in [3.8, 4) is 11.5 Å². The zero-order chi connectivity index (χ0) is 17.5. The van der Waals surface area contributed by atoms with E-state index >= 15 is 0 Å². The number of Topliss-reactive ketones (excluding diaryl/α,β-unsaturated/α-hetero) is 1. The van der Waals surface area contributed by atoms with Gasteiger partial charge in [-0.3, -0.25) is 4.79 Å². The fourth-order valence-electron chi connectivity index (χ4n) is 2.87. The first-order valence-corrected chi connectivity index (χ1v) is 8.96. The molecular weight excluding hydrogens is 350 g/mol. The first-order chi connectivity index (χ1) is 12.3. The fraction of sp³-hybridized carbons (Fsp3) is 0.381. The van der Waals surface area contributed by atoms with E-state index in [0.717, 1.165) is 24.9 Å². The van der Waals surface area contributed by atoms with E-state index in [1.54, 1.807) is 6.07 Å². The molecule has 1 N–H and O–H groups in total. The monoisotopic (exact) mass is 375 g/mol. The molecule has 0 saturated carbocycles. The van der Waals surface area contributed by atoms with Crippen LogP contribution in [0.4, 0.5) is 0 Å². The van der Waals surface area contributed by atoms with Crippen LogP contribution in [-0.4, -0.2) is 25.5 Å². The molecule has 5 heteroatoms. The van der Waals surface area contributed by atoms with Crippen LogP contribution in [0.1, 0.15) is 35.7 Å². The Hall–Kier alpha value is -2.04. The van der Waals surface area contributed by atoms with Crippen LogP contribution in [0, 0.1) is 5.92 Å². The van der Waals surface area contributed by atoms with Gasteiger partial charge in [0.05, 0.1) is 18.1 Å². The molecule has 26 heavy (non-hydrogen) atoms. The van der Waals surface area contributed by atoms with Crippen LogP contribution in [0.5, 0.6) is 11.5 Å². The average molecular weight is 376 g/mol. The van der Waals surface area contributed by atoms with Gasteiger partial charge in [0, 0.05) is 6.54 Å². The third-order valence-corrected chi connectivity index (χ3v) is 4.37. The number of nitrogens with one attached hydrogen (secondary N) is 1. The number of rotatable bonds is 8. The van der Waals surface area contributed by atoms with Crippen molar-refractivity contribution in [1.82, 2.24) is 5.32 Å². The molecule has 1 atom stereocenters. The zero-order valence-electron chi connectivity index (χ0n) is 15.1. The van der Waals surface area contributed by atoms with Crippen molar-refractivity contribution in [3.63, 3.8) is 0 Å². The van der Waals surface area contributed by atoms with Gasteiger partial charge in [-0.25, -0.2) is 0 Å². The lowest BCUT2D eigenvalue weighted by Crippen LogP contribution is -2.36. The van der Waals surface area contributed by atoms with Gasteiger partial charge in [-0.2, -0.15) is 0 Å². The second-order valence-electron chi connectivity index (χ2n) is 6.36. The number of carbonyl (C=O) groups is 1. The molecule has 0 radical (unpaired) electrons. The lowest BCUT2D eigenvalue weighted by atomic mass is 9.94. The molecule has 0 aliphatic carbocycles. The van der Waals surface area contributed by atoms with E-state index in [0.29, 0.717) is 36.8 Å². The summed E-state index contributed by atoms with van der Waals surface area (Å²) < 4.78 is 11.6. The number of unbranched alkanes of at least 4 members (excludes halogenated alkanes) is 1. The summed E-state index contributed by atoms with van der Waals surface area (Å²) in [4.78, 5) is 12.7. The molecule has 0 spiro atoms. The molecule has 1 aliphatic rings. The Morgan fingerprint density at radius 2 is 2.00 bits per heavy atom. The summed E-state index contributed by atoms with van der Waals surface area (Å²) >= 11 is 0. The average Bonchev–Trinajstić information content (AvgIpc) is 2.66. The number of halogens is 1. The van der Waals surface area contributed by atoms with Crippen LogP contribution in [0.15, 0.2) is 48.5 Å². The van der Waals surface area contributed by atoms with Crippen LogP contribution in [0.25, 0.3) is 0 Å². The molecule has 0 saturated heterocycles. The van der Waals surface area contributed by atoms with Gasteiger partial charge in [-0.05, 0) is 36.7 Å². The maximum Gasteiger partial charge on any atom is 0.174 e. The molecular formula is C21H26ClNO3. The van der Waals surface area contributed by atoms with E-state index in [2.05, 4.69) is 12.2 Å². The number of hydrogen-bond donors (Lipinski definition) is 1. The van der Waals surface area contributed by atoms with Crippen LogP contribution >= 0.6 is 12.4 Å². The highest BCUT2D eigenvalue weighted by Gasteiger charge is 2.28. The predicted molar refractivity (Wildman–Crippen MR) is 106 cm³/mol. The summed E-state index contributed by atoms with van der Waals surface area (Å²) in [6.45, 7) is 4.68. The lowest BCUT2D eigenvalue weighted by molar-refractivity contribution is 0.0829. The fourth-order valence-corrected chi connectivity index (χ4v) is 2.87. The standard InChI is InChI=1S/C21H25NO3.ClH/c1-2-3-11-22-13-17-15-25-20-10-9-18(12-19(20)21(17)23)24-14-16-7-5-4-6-8-16;/h4-10,12,17,22H,2-3,11,13-15H2,1H3;1H. The van der Waals surface area contributed by atoms with E-state index in [4.69, 9.17) is 9.47 Å². The number of carbonyl (C=O) groups excluding carboxylic acids is 1. The highest BCUT2D eigenvalue weighted by atomic mass is 35.5. The Bertz CT molecular complexity index is 706. The van der Waals surface area contributed by atoms with Gasteiger partial charge in [-0.1, -0.05) is 43.7 Å². The van der Waals surface area contributed by atoms with Crippen LogP contribution < -0.4 is 14.8 Å². The molecule has 4 nitrogen and oxygen atoms in total. The van der Waals surface area contributed by atoms with Gasteiger partial charge in [0.1, 0.15) is 18.1 Å². The van der Waals surface area contributed by atoms with Gasteiger partial charge < -0.3 is 14.8 Å². The molecule has 2 aromatic rings. The summed E-state index contributed by atoms with van der Waals surface area (Å²) in [7, 11) is 0. The third kappa shape index (κ3) is 5.23. The molecule has 1 aliphatic heterocycles. The van der Waals surface area contributed by atoms with Crippen molar-refractivity contribution >= 4 is 18.2 Å². The maximum atomic E-state index is 12.7. The number of fused-ring (bicyclic) bond motifs is 1. The van der Waals surface area contributed by atoms with Crippen LogP contribution in [0.2, 0.25) is 0 Å². The van der Waals surface area contributed by atoms with Crippen LogP contribution in [-0.2, 0) is 6.61 Å². The maximum absolute atomic E-state index is 12.7. The van der Waals surface area contributed by atoms with Gasteiger partial charge >= 0.3 is 0 Å². The Labute approximate surface area is 161 Å². The first kappa shape index (κ1) is 20.3. The quantitative estimate of drug-likeness (QED) is 0.700. The predicted octanol–water partition coefficient (Wildman–Crippen LogP) is 4.27. The van der Waals surface area contributed by atoms with Crippen molar-refractivity contribution in [2.24, 2.45) is 5.92 Å². The van der Waals surface area contributed by atoms with Gasteiger partial charge in [0.25, 0.3) is 0 Å². The van der Waals surface area contributed by atoms with E-state index in [1.807, 2.05) is 42.5 Å². The molecule has 1 unspecified atom stereocenters. The molecule has 140 valence electrons. The normalized spacial score (nSPS) is 15.6. The summed E-state index contributed by atoms with van der Waals surface area (Å²) in [5, 5.41) is 3.35. The van der Waals surface area contributed by atoms with Crippen molar-refractivity contribution in [2.45, 2.75) is 26.4 Å². The number of ketones is 1. The molecule has 0 aromatic heterocycles. The summed E-state index contributed by atoms with van der Waals surface area (Å²) in [5.74, 6) is 1.35. The molecule has 0 bridgehead atoms. The minimum Gasteiger partial charge on any atom is -0.492 e. The van der Waals surface area contributed by atoms with Crippen molar-refractivity contribution in [1.29, 1.82) is 0 Å². The minimum absolute atomic E-state index is 0. The SMILES string of the molecule is CCCCNCC1COc2ccc(OCc3ccccc3)cc2C1=O.Cl. The molecule has 2 aromatic carbocycles. The Balaban J connectivity index is 0.00000243. The molecule has 0 amide bonds. The number of benzene rings is 2. The van der Waals surface area contributed by atoms with Gasteiger partial charge in [0.15, 0.2) is 5.78 Å². The molecule has 0 fully saturated rings. The van der Waals surface area contributed by atoms with Crippen molar-refractivity contribution in [2.75, 3.05) is 19.7 Å². The van der Waals surface area contributed by atoms with E-state index in [-0.39, 0.29) is 24.1 Å². The summed E-state index contributed by atoms with van der Waals surface area (Å²) in [6.07, 6.45) is 2.27. The van der Waals surface area contributed by atoms with Gasteiger partial charge in [-0.15, -0.1) is 12.4 Å². The Morgan fingerprint density at radius 1 is 1.19 bits per heavy atom. The minimum atomic E-state index is -0.131. The molecule has 1 heterocycles. The third-order valence-electron chi connectivity index (χ3n) is 4.37. The van der Waals surface area contributed by atoms with E-state index < -0.39 is 0 Å². The second-order valence-corrected chi connectivity index (χ2v) is 6.36. The van der Waals surface area contributed by atoms with Crippen LogP contribution in [0.3, 0.4) is 0 Å². The number of ether oxygens (including phenoxy) is 2. The smallest absolute Gasteiger partial charge is 0.174 e. The Morgan fingerprint density at radius 3 is 2.77 bits per heavy atom. The van der Waals surface area contributed by atoms with Crippen molar-refractivity contribution in [3.05, 3.63) is 59.7 Å². The molecule has 3 rings (SSSR count). The van der Waals surface area contributed by atoms with Gasteiger partial charge in [0.2, 0.25) is 0 Å². The Kier molecular flexibility index (Phi) is 7.95. The summed E-state index contributed by atoms with van der Waals surface area (Å²) in [6, 6.07) is 15.5. The number of hydrogen-bond acceptors (Lipinski definition) is 4. The second kappa shape index (κ2) is 10.2. The lowest BCUT2D eigenvalue weighted by Gasteiger charge is -2.24. The first-order valence-electron chi connectivity index (χ1n) is 8.96. The van der Waals surface area contributed by atoms with E-state index in [9.17, 15) is 4.79 Å². The summed E-state index contributed by atoms with van der Waals surface area (Å²) in [5.41, 5.74) is 1.72. The topological polar surface area (TPSA) is 47.6 Å². The van der Waals surface area contributed by atoms with E-state index in [1.165, 1.54) is 0 Å². The highest BCUT2D eigenvalue weighted by Crippen LogP contribution is 2.31.